The van der Waals surface area contributed by atoms with Crippen LogP contribution in [-0.2, 0) is 0 Å². The molecular weight excluding hydrogens is 204 g/mol. The molecule has 16 heavy (non-hydrogen) atoms. The second-order valence-electron chi connectivity index (χ2n) is 4.70. The third-order valence-electron chi connectivity index (χ3n) is 3.12. The Morgan fingerprint density at radius 3 is 2.94 bits per heavy atom. The lowest BCUT2D eigenvalue weighted by Crippen LogP contribution is -2.39. The van der Waals surface area contributed by atoms with E-state index >= 15 is 0 Å². The minimum atomic E-state index is -0.502. The van der Waals surface area contributed by atoms with Crippen molar-refractivity contribution < 1.29 is 5.11 Å². The van der Waals surface area contributed by atoms with Crippen LogP contribution in [0.15, 0.2) is 6.20 Å². The van der Waals surface area contributed by atoms with Gasteiger partial charge in [0.15, 0.2) is 0 Å². The van der Waals surface area contributed by atoms with Crippen molar-refractivity contribution in [3.05, 3.63) is 11.9 Å². The highest BCUT2D eigenvalue weighted by Gasteiger charge is 2.26. The first kappa shape index (κ1) is 11.5. The number of hydrogen-bond acceptors (Lipinski definition) is 4. The molecule has 0 spiro atoms. The molecule has 1 aromatic heterocycles. The Hall–Kier alpha value is -0.940. The van der Waals surface area contributed by atoms with E-state index in [4.69, 9.17) is 0 Å². The maximum atomic E-state index is 10.3. The van der Waals surface area contributed by atoms with Crippen LogP contribution in [0, 0.1) is 0 Å². The number of aromatic nitrogens is 3. The van der Waals surface area contributed by atoms with Gasteiger partial charge in [0, 0.05) is 12.1 Å². The largest absolute Gasteiger partial charge is 0.385 e. The van der Waals surface area contributed by atoms with Gasteiger partial charge < -0.3 is 10.4 Å². The van der Waals surface area contributed by atoms with Crippen molar-refractivity contribution in [2.24, 2.45) is 0 Å². The number of aliphatic hydroxyl groups is 1. The SMILES string of the molecule is CC(C)n1nncc1C(O)C1CCCCN1. The van der Waals surface area contributed by atoms with Gasteiger partial charge in [-0.05, 0) is 33.2 Å². The fraction of sp³-hybridized carbons (Fsp3) is 0.818. The maximum Gasteiger partial charge on any atom is 0.112 e. The number of piperidine rings is 1. The fourth-order valence-electron chi connectivity index (χ4n) is 2.22. The second kappa shape index (κ2) is 4.93. The predicted molar refractivity (Wildman–Crippen MR) is 61.0 cm³/mol. The third kappa shape index (κ3) is 2.25. The molecule has 0 aromatic carbocycles. The molecule has 2 atom stereocenters. The molecule has 5 heteroatoms. The van der Waals surface area contributed by atoms with Gasteiger partial charge >= 0.3 is 0 Å². The molecule has 2 heterocycles. The predicted octanol–water partition coefficient (Wildman–Crippen LogP) is 1.03. The molecule has 0 amide bonds. The first-order chi connectivity index (χ1) is 7.70. The zero-order chi connectivity index (χ0) is 11.5. The first-order valence-corrected chi connectivity index (χ1v) is 6.01. The highest BCUT2D eigenvalue weighted by Crippen LogP contribution is 2.23. The lowest BCUT2D eigenvalue weighted by molar-refractivity contribution is 0.104. The molecule has 1 aromatic rings. The lowest BCUT2D eigenvalue weighted by atomic mass is 9.98. The average molecular weight is 224 g/mol. The Kier molecular flexibility index (Phi) is 3.56. The van der Waals surface area contributed by atoms with Gasteiger partial charge in [0.05, 0.1) is 11.9 Å². The highest BCUT2D eigenvalue weighted by atomic mass is 16.3. The minimum absolute atomic E-state index is 0.143. The molecule has 2 N–H and O–H groups in total. The Balaban J connectivity index is 2.12. The molecule has 0 radical (unpaired) electrons. The van der Waals surface area contributed by atoms with Gasteiger partial charge in [0.25, 0.3) is 0 Å². The molecule has 2 rings (SSSR count). The van der Waals surface area contributed by atoms with Crippen molar-refractivity contribution in [3.8, 4) is 0 Å². The molecule has 0 saturated carbocycles. The Labute approximate surface area is 95.8 Å². The molecule has 2 unspecified atom stereocenters. The van der Waals surface area contributed by atoms with E-state index in [0.717, 1.165) is 18.7 Å². The summed E-state index contributed by atoms with van der Waals surface area (Å²) >= 11 is 0. The zero-order valence-electron chi connectivity index (χ0n) is 9.93. The molecule has 0 bridgehead atoms. The van der Waals surface area contributed by atoms with E-state index in [0.29, 0.717) is 0 Å². The van der Waals surface area contributed by atoms with Gasteiger partial charge in [-0.25, -0.2) is 4.68 Å². The van der Waals surface area contributed by atoms with Crippen molar-refractivity contribution in [2.45, 2.75) is 51.3 Å². The average Bonchev–Trinajstić information content (AvgIpc) is 2.78. The molecular formula is C11H20N4O. The van der Waals surface area contributed by atoms with Gasteiger partial charge in [0.2, 0.25) is 0 Å². The Morgan fingerprint density at radius 1 is 1.50 bits per heavy atom. The van der Waals surface area contributed by atoms with E-state index in [1.54, 1.807) is 10.9 Å². The van der Waals surface area contributed by atoms with Crippen LogP contribution >= 0.6 is 0 Å². The van der Waals surface area contributed by atoms with Crippen LogP contribution in [0.25, 0.3) is 0 Å². The lowest BCUT2D eigenvalue weighted by Gasteiger charge is -2.28. The van der Waals surface area contributed by atoms with Crippen molar-refractivity contribution in [2.75, 3.05) is 6.54 Å². The minimum Gasteiger partial charge on any atom is -0.385 e. The molecule has 5 nitrogen and oxygen atoms in total. The number of nitrogens with zero attached hydrogens (tertiary/aromatic N) is 3. The molecule has 90 valence electrons. The normalized spacial score (nSPS) is 23.6. The summed E-state index contributed by atoms with van der Waals surface area (Å²) in [5.41, 5.74) is 0.814. The van der Waals surface area contributed by atoms with Gasteiger partial charge in [-0.15, -0.1) is 5.10 Å². The summed E-state index contributed by atoms with van der Waals surface area (Å²) in [6.45, 7) is 5.07. The van der Waals surface area contributed by atoms with Crippen LogP contribution in [0.4, 0.5) is 0 Å². The van der Waals surface area contributed by atoms with E-state index in [1.165, 1.54) is 12.8 Å². The van der Waals surface area contributed by atoms with E-state index in [1.807, 2.05) is 13.8 Å². The number of hydrogen-bond donors (Lipinski definition) is 2. The summed E-state index contributed by atoms with van der Waals surface area (Å²) in [7, 11) is 0. The monoisotopic (exact) mass is 224 g/mol. The first-order valence-electron chi connectivity index (χ1n) is 6.01. The summed E-state index contributed by atoms with van der Waals surface area (Å²) in [6, 6.07) is 0.375. The topological polar surface area (TPSA) is 63.0 Å². The van der Waals surface area contributed by atoms with Crippen LogP contribution in [0.2, 0.25) is 0 Å². The number of nitrogens with one attached hydrogen (secondary N) is 1. The van der Waals surface area contributed by atoms with Crippen LogP contribution in [0.3, 0.4) is 0 Å². The highest BCUT2D eigenvalue weighted by molar-refractivity contribution is 5.04. The summed E-state index contributed by atoms with van der Waals surface area (Å²) in [5.74, 6) is 0. The van der Waals surface area contributed by atoms with Crippen LogP contribution in [-0.4, -0.2) is 32.7 Å². The van der Waals surface area contributed by atoms with Gasteiger partial charge in [-0.1, -0.05) is 11.6 Å². The van der Waals surface area contributed by atoms with Crippen LogP contribution < -0.4 is 5.32 Å². The van der Waals surface area contributed by atoms with E-state index < -0.39 is 6.10 Å². The van der Waals surface area contributed by atoms with Crippen molar-refractivity contribution in [1.82, 2.24) is 20.3 Å². The zero-order valence-corrected chi connectivity index (χ0v) is 9.93. The summed E-state index contributed by atoms with van der Waals surface area (Å²) in [4.78, 5) is 0. The van der Waals surface area contributed by atoms with Gasteiger partial charge in [0.1, 0.15) is 6.10 Å². The maximum absolute atomic E-state index is 10.3. The van der Waals surface area contributed by atoms with Gasteiger partial charge in [-0.2, -0.15) is 0 Å². The Bertz CT molecular complexity index is 330. The van der Waals surface area contributed by atoms with Crippen molar-refractivity contribution >= 4 is 0 Å². The standard InChI is InChI=1S/C11H20N4O/c1-8(2)15-10(7-13-14-15)11(16)9-5-3-4-6-12-9/h7-9,11-12,16H,3-6H2,1-2H3. The summed E-state index contributed by atoms with van der Waals surface area (Å²) < 4.78 is 1.79. The van der Waals surface area contributed by atoms with Gasteiger partial charge in [-0.3, -0.25) is 0 Å². The van der Waals surface area contributed by atoms with Crippen LogP contribution in [0.5, 0.6) is 0 Å². The van der Waals surface area contributed by atoms with E-state index in [2.05, 4.69) is 15.6 Å². The molecule has 1 aliphatic rings. The summed E-state index contributed by atoms with van der Waals surface area (Å²) in [5, 5.41) is 21.5. The molecule has 0 aliphatic carbocycles. The number of aliphatic hydroxyl groups excluding tert-OH is 1. The second-order valence-corrected chi connectivity index (χ2v) is 4.70. The molecule has 1 aliphatic heterocycles. The fourth-order valence-corrected chi connectivity index (χ4v) is 2.22. The smallest absolute Gasteiger partial charge is 0.112 e. The third-order valence-corrected chi connectivity index (χ3v) is 3.12. The van der Waals surface area contributed by atoms with Crippen molar-refractivity contribution in [1.29, 1.82) is 0 Å². The van der Waals surface area contributed by atoms with Crippen LogP contribution in [0.1, 0.15) is 50.9 Å². The molecule has 1 saturated heterocycles. The van der Waals surface area contributed by atoms with E-state index in [-0.39, 0.29) is 12.1 Å². The molecule has 1 fully saturated rings. The summed E-state index contributed by atoms with van der Waals surface area (Å²) in [6.07, 6.45) is 4.56. The van der Waals surface area contributed by atoms with Crippen molar-refractivity contribution in [3.63, 3.8) is 0 Å². The number of rotatable bonds is 3. The van der Waals surface area contributed by atoms with E-state index in [9.17, 15) is 5.11 Å². The quantitative estimate of drug-likeness (QED) is 0.805. The Morgan fingerprint density at radius 2 is 2.31 bits per heavy atom.